The predicted molar refractivity (Wildman–Crippen MR) is 83.3 cm³/mol. The second-order valence-electron chi connectivity index (χ2n) is 5.07. The van der Waals surface area contributed by atoms with Crippen LogP contribution < -0.4 is 5.69 Å². The van der Waals surface area contributed by atoms with Gasteiger partial charge in [0.05, 0.1) is 16.6 Å². The third-order valence-corrected chi connectivity index (χ3v) is 4.71. The summed E-state index contributed by atoms with van der Waals surface area (Å²) in [6.45, 7) is 3.58. The van der Waals surface area contributed by atoms with E-state index in [0.717, 1.165) is 36.7 Å². The van der Waals surface area contributed by atoms with E-state index in [1.54, 1.807) is 10.6 Å². The van der Waals surface area contributed by atoms with E-state index in [1.807, 2.05) is 11.8 Å². The molecular weight excluding hydrogens is 290 g/mol. The zero-order valence-electron chi connectivity index (χ0n) is 11.5. The number of carboxylic acids is 1. The Morgan fingerprint density at radius 1 is 1.29 bits per heavy atom. The zero-order valence-corrected chi connectivity index (χ0v) is 12.4. The Labute approximate surface area is 125 Å². The first kappa shape index (κ1) is 14.2. The van der Waals surface area contributed by atoms with Crippen LogP contribution >= 0.6 is 11.8 Å². The third-order valence-electron chi connectivity index (χ3n) is 3.76. The minimum Gasteiger partial charge on any atom is -0.478 e. The molecule has 0 atom stereocenters. The number of fused-ring (bicyclic) bond motifs is 1. The normalized spacial score (nSPS) is 16.4. The molecular formula is C14H17N3O3S. The molecule has 1 aromatic carbocycles. The zero-order chi connectivity index (χ0) is 14.8. The van der Waals surface area contributed by atoms with Crippen molar-refractivity contribution >= 4 is 28.8 Å². The number of H-pyrrole nitrogens is 1. The SMILES string of the molecule is O=C(O)c1ccc2c(c1)[nH]c(=O)n2CCN1CCSCC1. The predicted octanol–water partition coefficient (Wildman–Crippen LogP) is 1.08. The van der Waals surface area contributed by atoms with Crippen molar-refractivity contribution in [1.82, 2.24) is 14.5 Å². The monoisotopic (exact) mass is 307 g/mol. The molecule has 7 heteroatoms. The van der Waals surface area contributed by atoms with Crippen molar-refractivity contribution in [2.45, 2.75) is 6.54 Å². The maximum atomic E-state index is 12.0. The van der Waals surface area contributed by atoms with Gasteiger partial charge in [-0.1, -0.05) is 0 Å². The van der Waals surface area contributed by atoms with E-state index in [0.29, 0.717) is 12.1 Å². The molecule has 1 aromatic heterocycles. The molecule has 1 saturated heterocycles. The number of aromatic amines is 1. The number of nitrogens with zero attached hydrogens (tertiary/aromatic N) is 2. The molecule has 0 aliphatic carbocycles. The molecule has 21 heavy (non-hydrogen) atoms. The summed E-state index contributed by atoms with van der Waals surface area (Å²) in [5.41, 5.74) is 1.34. The molecule has 0 unspecified atom stereocenters. The Hall–Kier alpha value is -1.73. The highest BCUT2D eigenvalue weighted by Crippen LogP contribution is 2.14. The molecule has 1 aliphatic rings. The number of rotatable bonds is 4. The van der Waals surface area contributed by atoms with Gasteiger partial charge in [-0.2, -0.15) is 11.8 Å². The first-order valence-electron chi connectivity index (χ1n) is 6.91. The minimum atomic E-state index is -0.990. The lowest BCUT2D eigenvalue weighted by atomic mass is 10.2. The largest absolute Gasteiger partial charge is 0.478 e. The molecule has 0 saturated carbocycles. The molecule has 2 N–H and O–H groups in total. The summed E-state index contributed by atoms with van der Waals surface area (Å²) in [5.74, 6) is 1.30. The third kappa shape index (κ3) is 2.98. The quantitative estimate of drug-likeness (QED) is 0.883. The summed E-state index contributed by atoms with van der Waals surface area (Å²) in [6, 6.07) is 4.74. The van der Waals surface area contributed by atoms with Crippen molar-refractivity contribution in [3.63, 3.8) is 0 Å². The van der Waals surface area contributed by atoms with Gasteiger partial charge in [-0.3, -0.25) is 9.47 Å². The van der Waals surface area contributed by atoms with E-state index in [9.17, 15) is 9.59 Å². The van der Waals surface area contributed by atoms with Gasteiger partial charge in [0.25, 0.3) is 0 Å². The van der Waals surface area contributed by atoms with Gasteiger partial charge in [-0.05, 0) is 18.2 Å². The van der Waals surface area contributed by atoms with Crippen LogP contribution in [-0.2, 0) is 6.54 Å². The number of aromatic carboxylic acids is 1. The van der Waals surface area contributed by atoms with Crippen molar-refractivity contribution in [3.8, 4) is 0 Å². The van der Waals surface area contributed by atoms with E-state index >= 15 is 0 Å². The second kappa shape index (κ2) is 5.95. The average molecular weight is 307 g/mol. The smallest absolute Gasteiger partial charge is 0.335 e. The molecule has 1 fully saturated rings. The molecule has 0 radical (unpaired) electrons. The van der Waals surface area contributed by atoms with Crippen LogP contribution in [0.5, 0.6) is 0 Å². The number of aromatic nitrogens is 2. The van der Waals surface area contributed by atoms with Gasteiger partial charge < -0.3 is 10.1 Å². The van der Waals surface area contributed by atoms with Gasteiger partial charge in [0.15, 0.2) is 0 Å². The fourth-order valence-electron chi connectivity index (χ4n) is 2.58. The highest BCUT2D eigenvalue weighted by atomic mass is 32.2. The van der Waals surface area contributed by atoms with Crippen LogP contribution in [-0.4, -0.2) is 56.7 Å². The topological polar surface area (TPSA) is 78.3 Å². The fourth-order valence-corrected chi connectivity index (χ4v) is 3.56. The highest BCUT2D eigenvalue weighted by Gasteiger charge is 2.13. The Morgan fingerprint density at radius 3 is 2.76 bits per heavy atom. The van der Waals surface area contributed by atoms with Crippen molar-refractivity contribution in [2.75, 3.05) is 31.1 Å². The number of thioether (sulfide) groups is 1. The van der Waals surface area contributed by atoms with Crippen molar-refractivity contribution in [2.24, 2.45) is 0 Å². The molecule has 2 aromatic rings. The number of benzene rings is 1. The van der Waals surface area contributed by atoms with Crippen molar-refractivity contribution in [3.05, 3.63) is 34.2 Å². The summed E-state index contributed by atoms with van der Waals surface area (Å²) in [5, 5.41) is 8.99. The number of carboxylic acid groups (broad SMARTS) is 1. The van der Waals surface area contributed by atoms with Gasteiger partial charge in [0, 0.05) is 37.7 Å². The van der Waals surface area contributed by atoms with Gasteiger partial charge >= 0.3 is 11.7 Å². The number of imidazole rings is 1. The number of hydrogen-bond acceptors (Lipinski definition) is 4. The highest BCUT2D eigenvalue weighted by molar-refractivity contribution is 7.99. The van der Waals surface area contributed by atoms with Crippen LogP contribution in [0.1, 0.15) is 10.4 Å². The molecule has 0 bridgehead atoms. The molecule has 0 spiro atoms. The summed E-state index contributed by atoms with van der Waals surface area (Å²) in [6.07, 6.45) is 0. The number of carbonyl (C=O) groups is 1. The molecule has 0 amide bonds. The van der Waals surface area contributed by atoms with Gasteiger partial charge in [-0.15, -0.1) is 0 Å². The van der Waals surface area contributed by atoms with Gasteiger partial charge in [-0.25, -0.2) is 9.59 Å². The average Bonchev–Trinajstić information content (AvgIpc) is 2.80. The Kier molecular flexibility index (Phi) is 4.03. The van der Waals surface area contributed by atoms with Crippen LogP contribution in [0.15, 0.2) is 23.0 Å². The minimum absolute atomic E-state index is 0.182. The second-order valence-corrected chi connectivity index (χ2v) is 6.30. The summed E-state index contributed by atoms with van der Waals surface area (Å²) in [4.78, 5) is 28.1. The first-order chi connectivity index (χ1) is 10.1. The van der Waals surface area contributed by atoms with E-state index in [4.69, 9.17) is 5.11 Å². The molecule has 112 valence electrons. The lowest BCUT2D eigenvalue weighted by Gasteiger charge is -2.26. The van der Waals surface area contributed by atoms with E-state index in [-0.39, 0.29) is 11.3 Å². The van der Waals surface area contributed by atoms with E-state index < -0.39 is 5.97 Å². The number of nitrogens with one attached hydrogen (secondary N) is 1. The number of hydrogen-bond donors (Lipinski definition) is 2. The summed E-state index contributed by atoms with van der Waals surface area (Å²) < 4.78 is 1.68. The van der Waals surface area contributed by atoms with Gasteiger partial charge in [0.1, 0.15) is 0 Å². The van der Waals surface area contributed by atoms with Crippen LogP contribution in [0.25, 0.3) is 11.0 Å². The summed E-state index contributed by atoms with van der Waals surface area (Å²) in [7, 11) is 0. The van der Waals surface area contributed by atoms with Crippen LogP contribution in [0.2, 0.25) is 0 Å². The maximum Gasteiger partial charge on any atom is 0.335 e. The van der Waals surface area contributed by atoms with Crippen LogP contribution in [0.4, 0.5) is 0 Å². The lowest BCUT2D eigenvalue weighted by molar-refractivity contribution is 0.0697. The maximum absolute atomic E-state index is 12.0. The standard InChI is InChI=1S/C14H17N3O3S/c18-13(19)10-1-2-12-11(9-10)15-14(20)17(12)4-3-16-5-7-21-8-6-16/h1-2,9H,3-8H2,(H,15,20)(H,18,19). The van der Waals surface area contributed by atoms with E-state index in [1.165, 1.54) is 12.1 Å². The molecule has 1 aliphatic heterocycles. The fraction of sp³-hybridized carbons (Fsp3) is 0.429. The van der Waals surface area contributed by atoms with Crippen molar-refractivity contribution < 1.29 is 9.90 Å². The summed E-state index contributed by atoms with van der Waals surface area (Å²) >= 11 is 1.96. The first-order valence-corrected chi connectivity index (χ1v) is 8.06. The van der Waals surface area contributed by atoms with Gasteiger partial charge in [0.2, 0.25) is 0 Å². The Balaban J connectivity index is 1.82. The molecule has 2 heterocycles. The lowest BCUT2D eigenvalue weighted by Crippen LogP contribution is -2.36. The van der Waals surface area contributed by atoms with Crippen molar-refractivity contribution in [1.29, 1.82) is 0 Å². The van der Waals surface area contributed by atoms with Crippen LogP contribution in [0, 0.1) is 0 Å². The molecule has 3 rings (SSSR count). The molecule has 6 nitrogen and oxygen atoms in total. The Morgan fingerprint density at radius 2 is 2.05 bits per heavy atom. The van der Waals surface area contributed by atoms with Crippen LogP contribution in [0.3, 0.4) is 0 Å². The Bertz CT molecular complexity index is 716. The van der Waals surface area contributed by atoms with E-state index in [2.05, 4.69) is 9.88 Å².